The minimum absolute atomic E-state index is 0.0325. The van der Waals surface area contributed by atoms with Crippen molar-refractivity contribution in [2.45, 2.75) is 32.2 Å². The molecule has 6 heteroatoms. The first-order valence-corrected chi connectivity index (χ1v) is 6.99. The summed E-state index contributed by atoms with van der Waals surface area (Å²) in [6.07, 6.45) is 3.83. The highest BCUT2D eigenvalue weighted by Crippen LogP contribution is 2.16. The lowest BCUT2D eigenvalue weighted by atomic mass is 10.1. The molecule has 0 aliphatic carbocycles. The molecule has 0 bridgehead atoms. The van der Waals surface area contributed by atoms with Gasteiger partial charge in [-0.3, -0.25) is 4.79 Å². The van der Waals surface area contributed by atoms with Crippen molar-refractivity contribution in [3.8, 4) is 0 Å². The van der Waals surface area contributed by atoms with Gasteiger partial charge in [0.2, 0.25) is 0 Å². The standard InChI is InChI=1S/C14H20FN3O2/c1-2-6-16-13-12(15)11(3-7-17-13)14(19)18-10-4-8-20-9-5-10/h3,7,10H,2,4-6,8-9H2,1H3,(H,16,17)(H,18,19). The highest BCUT2D eigenvalue weighted by molar-refractivity contribution is 5.95. The van der Waals surface area contributed by atoms with Crippen LogP contribution in [0.5, 0.6) is 0 Å². The van der Waals surface area contributed by atoms with E-state index in [1.54, 1.807) is 0 Å². The molecule has 0 atom stereocenters. The Labute approximate surface area is 117 Å². The highest BCUT2D eigenvalue weighted by Gasteiger charge is 2.20. The summed E-state index contributed by atoms with van der Waals surface area (Å²) in [5, 5.41) is 5.72. The van der Waals surface area contributed by atoms with Gasteiger partial charge in [-0.2, -0.15) is 0 Å². The van der Waals surface area contributed by atoms with E-state index < -0.39 is 11.7 Å². The Morgan fingerprint density at radius 3 is 2.95 bits per heavy atom. The molecule has 1 saturated heterocycles. The minimum atomic E-state index is -0.592. The molecule has 20 heavy (non-hydrogen) atoms. The zero-order valence-corrected chi connectivity index (χ0v) is 11.6. The number of aromatic nitrogens is 1. The number of hydrogen-bond acceptors (Lipinski definition) is 4. The van der Waals surface area contributed by atoms with Crippen LogP contribution < -0.4 is 10.6 Å². The molecule has 0 radical (unpaired) electrons. The van der Waals surface area contributed by atoms with Gasteiger partial charge in [-0.15, -0.1) is 0 Å². The fourth-order valence-electron chi connectivity index (χ4n) is 2.09. The van der Waals surface area contributed by atoms with Crippen LogP contribution in [0.15, 0.2) is 12.3 Å². The number of ether oxygens (including phenoxy) is 1. The molecule has 1 aromatic heterocycles. The van der Waals surface area contributed by atoms with E-state index >= 15 is 0 Å². The molecule has 1 amide bonds. The number of carbonyl (C=O) groups excluding carboxylic acids is 1. The number of hydrogen-bond donors (Lipinski definition) is 2. The van der Waals surface area contributed by atoms with Gasteiger partial charge in [-0.1, -0.05) is 6.92 Å². The van der Waals surface area contributed by atoms with Crippen molar-refractivity contribution in [2.24, 2.45) is 0 Å². The summed E-state index contributed by atoms with van der Waals surface area (Å²) in [7, 11) is 0. The van der Waals surface area contributed by atoms with Crippen LogP contribution in [-0.4, -0.2) is 36.7 Å². The summed E-state index contributed by atoms with van der Waals surface area (Å²) in [6, 6.07) is 1.46. The van der Waals surface area contributed by atoms with E-state index in [0.29, 0.717) is 19.8 Å². The lowest BCUT2D eigenvalue weighted by molar-refractivity contribution is 0.0694. The summed E-state index contributed by atoms with van der Waals surface area (Å²) in [6.45, 7) is 3.86. The van der Waals surface area contributed by atoms with Crippen LogP contribution in [0.4, 0.5) is 10.2 Å². The van der Waals surface area contributed by atoms with Crippen molar-refractivity contribution >= 4 is 11.7 Å². The summed E-state index contributed by atoms with van der Waals surface area (Å²) < 4.78 is 19.4. The average molecular weight is 281 g/mol. The van der Waals surface area contributed by atoms with Crippen molar-refractivity contribution in [1.82, 2.24) is 10.3 Å². The van der Waals surface area contributed by atoms with Crippen LogP contribution in [0.1, 0.15) is 36.5 Å². The van der Waals surface area contributed by atoms with E-state index in [1.165, 1.54) is 12.3 Å². The van der Waals surface area contributed by atoms with Crippen molar-refractivity contribution < 1.29 is 13.9 Å². The third kappa shape index (κ3) is 3.66. The maximum absolute atomic E-state index is 14.2. The van der Waals surface area contributed by atoms with Gasteiger partial charge in [0, 0.05) is 32.0 Å². The second kappa shape index (κ2) is 7.19. The quantitative estimate of drug-likeness (QED) is 0.866. The first-order chi connectivity index (χ1) is 9.72. The molecular formula is C14H20FN3O2. The fraction of sp³-hybridized carbons (Fsp3) is 0.571. The van der Waals surface area contributed by atoms with Gasteiger partial charge >= 0.3 is 0 Å². The topological polar surface area (TPSA) is 63.2 Å². The molecule has 1 aliphatic rings. The molecule has 2 rings (SSSR count). The molecule has 0 aromatic carbocycles. The molecule has 0 spiro atoms. The molecule has 0 unspecified atom stereocenters. The van der Waals surface area contributed by atoms with Gasteiger partial charge in [0.1, 0.15) is 0 Å². The second-order valence-corrected chi connectivity index (χ2v) is 4.81. The van der Waals surface area contributed by atoms with Crippen molar-refractivity contribution in [1.29, 1.82) is 0 Å². The predicted octanol–water partition coefficient (Wildman–Crippen LogP) is 1.95. The van der Waals surface area contributed by atoms with Gasteiger partial charge in [0.25, 0.3) is 5.91 Å². The third-order valence-electron chi connectivity index (χ3n) is 3.23. The Kier molecular flexibility index (Phi) is 5.29. The Bertz CT molecular complexity index is 462. The van der Waals surface area contributed by atoms with E-state index in [0.717, 1.165) is 19.3 Å². The summed E-state index contributed by atoms with van der Waals surface area (Å²) in [5.74, 6) is -0.853. The number of pyridine rings is 1. The number of amides is 1. The average Bonchev–Trinajstić information content (AvgIpc) is 2.47. The zero-order valence-electron chi connectivity index (χ0n) is 11.6. The van der Waals surface area contributed by atoms with Crippen LogP contribution in [0, 0.1) is 5.82 Å². The summed E-state index contributed by atoms with van der Waals surface area (Å²) in [5.41, 5.74) is 0.0325. The van der Waals surface area contributed by atoms with Gasteiger partial charge in [0.15, 0.2) is 11.6 Å². The molecule has 5 nitrogen and oxygen atoms in total. The van der Waals surface area contributed by atoms with E-state index in [4.69, 9.17) is 4.74 Å². The Hall–Kier alpha value is -1.69. The maximum Gasteiger partial charge on any atom is 0.254 e. The Morgan fingerprint density at radius 1 is 1.50 bits per heavy atom. The Balaban J connectivity index is 2.04. The van der Waals surface area contributed by atoms with E-state index in [1.807, 2.05) is 6.92 Å². The van der Waals surface area contributed by atoms with Crippen LogP contribution in [0.25, 0.3) is 0 Å². The van der Waals surface area contributed by atoms with Crippen molar-refractivity contribution in [3.05, 3.63) is 23.6 Å². The lowest BCUT2D eigenvalue weighted by Gasteiger charge is -2.23. The molecule has 1 fully saturated rings. The SMILES string of the molecule is CCCNc1nccc(C(=O)NC2CCOCC2)c1F. The molecule has 1 aliphatic heterocycles. The number of nitrogens with zero attached hydrogens (tertiary/aromatic N) is 1. The van der Waals surface area contributed by atoms with E-state index in [-0.39, 0.29) is 17.4 Å². The van der Waals surface area contributed by atoms with Gasteiger partial charge < -0.3 is 15.4 Å². The van der Waals surface area contributed by atoms with Crippen LogP contribution in [-0.2, 0) is 4.74 Å². The maximum atomic E-state index is 14.2. The van der Waals surface area contributed by atoms with Gasteiger partial charge in [-0.05, 0) is 25.3 Å². The predicted molar refractivity (Wildman–Crippen MR) is 74.3 cm³/mol. The molecule has 0 saturated carbocycles. The highest BCUT2D eigenvalue weighted by atomic mass is 19.1. The summed E-state index contributed by atoms with van der Waals surface area (Å²) in [4.78, 5) is 16.0. The van der Waals surface area contributed by atoms with Gasteiger partial charge in [0.05, 0.1) is 5.56 Å². The third-order valence-corrected chi connectivity index (χ3v) is 3.23. The monoisotopic (exact) mass is 281 g/mol. The number of anilines is 1. The molecule has 2 N–H and O–H groups in total. The van der Waals surface area contributed by atoms with Crippen molar-refractivity contribution in [3.63, 3.8) is 0 Å². The number of halogens is 1. The Morgan fingerprint density at radius 2 is 2.25 bits per heavy atom. The van der Waals surface area contributed by atoms with E-state index in [2.05, 4.69) is 15.6 Å². The number of rotatable bonds is 5. The summed E-state index contributed by atoms with van der Waals surface area (Å²) >= 11 is 0. The zero-order chi connectivity index (χ0) is 14.4. The first-order valence-electron chi connectivity index (χ1n) is 6.99. The van der Waals surface area contributed by atoms with Crippen LogP contribution in [0.2, 0.25) is 0 Å². The van der Waals surface area contributed by atoms with Gasteiger partial charge in [-0.25, -0.2) is 9.37 Å². The van der Waals surface area contributed by atoms with Crippen LogP contribution in [0.3, 0.4) is 0 Å². The molecular weight excluding hydrogens is 261 g/mol. The first kappa shape index (κ1) is 14.7. The second-order valence-electron chi connectivity index (χ2n) is 4.81. The smallest absolute Gasteiger partial charge is 0.254 e. The van der Waals surface area contributed by atoms with E-state index in [9.17, 15) is 9.18 Å². The largest absolute Gasteiger partial charge is 0.381 e. The minimum Gasteiger partial charge on any atom is -0.381 e. The normalized spacial score (nSPS) is 15.9. The fourth-order valence-corrected chi connectivity index (χ4v) is 2.09. The van der Waals surface area contributed by atoms with Crippen LogP contribution >= 0.6 is 0 Å². The number of nitrogens with one attached hydrogen (secondary N) is 2. The molecule has 1 aromatic rings. The molecule has 110 valence electrons. The number of carbonyl (C=O) groups is 1. The van der Waals surface area contributed by atoms with Crippen molar-refractivity contribution in [2.75, 3.05) is 25.1 Å². The molecule has 2 heterocycles. The lowest BCUT2D eigenvalue weighted by Crippen LogP contribution is -2.39.